The third-order valence-corrected chi connectivity index (χ3v) is 4.31. The minimum atomic E-state index is -0.644. The van der Waals surface area contributed by atoms with Crippen LogP contribution in [0.4, 0.5) is 4.39 Å². The highest BCUT2D eigenvalue weighted by atomic mass is 19.1. The van der Waals surface area contributed by atoms with Crippen LogP contribution in [0.25, 0.3) is 5.69 Å². The number of hydrogen-bond donors (Lipinski definition) is 0. The number of para-hydroxylation sites is 1. The number of halogens is 1. The van der Waals surface area contributed by atoms with Crippen LogP contribution >= 0.6 is 0 Å². The summed E-state index contributed by atoms with van der Waals surface area (Å²) in [6.45, 7) is 1.63. The third kappa shape index (κ3) is 5.02. The van der Waals surface area contributed by atoms with Crippen LogP contribution in [0.5, 0.6) is 5.75 Å². The molecule has 2 aromatic carbocycles. The zero-order valence-corrected chi connectivity index (χ0v) is 16.7. The van der Waals surface area contributed by atoms with E-state index in [-0.39, 0.29) is 42.9 Å². The van der Waals surface area contributed by atoms with E-state index >= 15 is 0 Å². The van der Waals surface area contributed by atoms with Gasteiger partial charge in [-0.05, 0) is 25.1 Å². The van der Waals surface area contributed by atoms with Crippen LogP contribution in [0.15, 0.2) is 60.8 Å². The minimum Gasteiger partial charge on any atom is -0.480 e. The van der Waals surface area contributed by atoms with Crippen molar-refractivity contribution in [3.05, 3.63) is 77.9 Å². The van der Waals surface area contributed by atoms with Crippen molar-refractivity contribution in [2.45, 2.75) is 13.5 Å². The molecule has 0 radical (unpaired) electrons. The number of nitrogens with zero attached hydrogens (tertiary/aromatic N) is 3. The van der Waals surface area contributed by atoms with E-state index in [0.717, 1.165) is 5.69 Å². The van der Waals surface area contributed by atoms with Gasteiger partial charge in [0.1, 0.15) is 5.82 Å². The second kappa shape index (κ2) is 9.69. The predicted molar refractivity (Wildman–Crippen MR) is 108 cm³/mol. The molecule has 0 fully saturated rings. The fraction of sp³-hybridized carbons (Fsp3) is 0.227. The van der Waals surface area contributed by atoms with Gasteiger partial charge in [-0.15, -0.1) is 0 Å². The molecular formula is C22H22FN3O4. The molecule has 1 heterocycles. The summed E-state index contributed by atoms with van der Waals surface area (Å²) in [5, 5.41) is 4.24. The first-order valence-corrected chi connectivity index (χ1v) is 9.42. The molecule has 1 amide bonds. The van der Waals surface area contributed by atoms with Crippen molar-refractivity contribution in [2.24, 2.45) is 0 Å². The summed E-state index contributed by atoms with van der Waals surface area (Å²) < 4.78 is 25.9. The summed E-state index contributed by atoms with van der Waals surface area (Å²) in [5.74, 6) is -1.27. The van der Waals surface area contributed by atoms with Gasteiger partial charge in [-0.2, -0.15) is 5.10 Å². The van der Waals surface area contributed by atoms with Gasteiger partial charge in [-0.3, -0.25) is 4.79 Å². The van der Waals surface area contributed by atoms with Gasteiger partial charge in [0.05, 0.1) is 18.5 Å². The number of amides is 1. The summed E-state index contributed by atoms with van der Waals surface area (Å²) in [5.41, 5.74) is 1.10. The number of esters is 1. The predicted octanol–water partition coefficient (Wildman–Crippen LogP) is 3.23. The number of ether oxygens (including phenoxy) is 2. The highest BCUT2D eigenvalue weighted by Gasteiger charge is 2.22. The van der Waals surface area contributed by atoms with Gasteiger partial charge in [0.25, 0.3) is 5.91 Å². The van der Waals surface area contributed by atoms with Crippen LogP contribution in [0.2, 0.25) is 0 Å². The molecule has 0 aliphatic carbocycles. The summed E-state index contributed by atoms with van der Waals surface area (Å²) in [6.07, 6.45) is 1.52. The van der Waals surface area contributed by atoms with Gasteiger partial charge in [0, 0.05) is 19.2 Å². The minimum absolute atomic E-state index is 0.0229. The van der Waals surface area contributed by atoms with Gasteiger partial charge >= 0.3 is 5.97 Å². The zero-order chi connectivity index (χ0) is 21.5. The van der Waals surface area contributed by atoms with Crippen molar-refractivity contribution in [3.8, 4) is 11.4 Å². The summed E-state index contributed by atoms with van der Waals surface area (Å²) in [7, 11) is 1.55. The van der Waals surface area contributed by atoms with E-state index in [4.69, 9.17) is 9.47 Å². The highest BCUT2D eigenvalue weighted by molar-refractivity contribution is 5.90. The van der Waals surface area contributed by atoms with E-state index < -0.39 is 5.97 Å². The van der Waals surface area contributed by atoms with E-state index in [1.165, 1.54) is 21.8 Å². The van der Waals surface area contributed by atoms with Gasteiger partial charge in [0.15, 0.2) is 12.4 Å². The maximum absolute atomic E-state index is 13.8. The Balaban J connectivity index is 1.73. The standard InChI is InChI=1S/C22H22FN3O4/c1-3-29-22(28)21-19(14-26(24-21)17-10-5-4-6-11-17)30-15-20(27)25(2)13-16-9-7-8-12-18(16)23/h4-12,14H,3,13,15H2,1-2H3. The van der Waals surface area contributed by atoms with Crippen LogP contribution in [0.1, 0.15) is 23.0 Å². The van der Waals surface area contributed by atoms with Crippen LogP contribution < -0.4 is 4.74 Å². The Morgan fingerprint density at radius 1 is 1.10 bits per heavy atom. The molecule has 1 aromatic heterocycles. The Morgan fingerprint density at radius 2 is 1.80 bits per heavy atom. The first-order valence-electron chi connectivity index (χ1n) is 9.42. The molecular weight excluding hydrogens is 389 g/mol. The fourth-order valence-electron chi connectivity index (χ4n) is 2.74. The monoisotopic (exact) mass is 411 g/mol. The second-order valence-corrected chi connectivity index (χ2v) is 6.47. The topological polar surface area (TPSA) is 73.7 Å². The first-order chi connectivity index (χ1) is 14.5. The molecule has 0 N–H and O–H groups in total. The number of likely N-dealkylation sites (N-methyl/N-ethyl adjacent to an activating group) is 1. The van der Waals surface area contributed by atoms with Crippen molar-refractivity contribution < 1.29 is 23.5 Å². The molecule has 8 heteroatoms. The molecule has 30 heavy (non-hydrogen) atoms. The molecule has 0 aliphatic rings. The normalized spacial score (nSPS) is 10.5. The average molecular weight is 411 g/mol. The molecule has 0 bridgehead atoms. The summed E-state index contributed by atoms with van der Waals surface area (Å²) in [4.78, 5) is 26.1. The molecule has 3 aromatic rings. The van der Waals surface area contributed by atoms with E-state index in [0.29, 0.717) is 5.56 Å². The average Bonchev–Trinajstić information content (AvgIpc) is 3.19. The Kier molecular flexibility index (Phi) is 6.79. The SMILES string of the molecule is CCOC(=O)c1nn(-c2ccccc2)cc1OCC(=O)N(C)Cc1ccccc1F. The van der Waals surface area contributed by atoms with Crippen molar-refractivity contribution >= 4 is 11.9 Å². The Bertz CT molecular complexity index is 1020. The van der Waals surface area contributed by atoms with Gasteiger partial charge in [0.2, 0.25) is 5.69 Å². The molecule has 0 saturated heterocycles. The molecule has 7 nitrogen and oxygen atoms in total. The lowest BCUT2D eigenvalue weighted by Crippen LogP contribution is -2.31. The van der Waals surface area contributed by atoms with Crippen molar-refractivity contribution in [2.75, 3.05) is 20.3 Å². The Morgan fingerprint density at radius 3 is 2.50 bits per heavy atom. The molecule has 0 unspecified atom stereocenters. The van der Waals surface area contributed by atoms with Crippen LogP contribution in [0, 0.1) is 5.82 Å². The number of benzene rings is 2. The lowest BCUT2D eigenvalue weighted by atomic mass is 10.2. The van der Waals surface area contributed by atoms with E-state index in [1.54, 1.807) is 32.2 Å². The van der Waals surface area contributed by atoms with Crippen molar-refractivity contribution in [1.29, 1.82) is 0 Å². The van der Waals surface area contributed by atoms with Gasteiger partial charge in [-0.1, -0.05) is 36.4 Å². The molecule has 3 rings (SSSR count). The lowest BCUT2D eigenvalue weighted by molar-refractivity contribution is -0.132. The van der Waals surface area contributed by atoms with Gasteiger partial charge in [-0.25, -0.2) is 13.9 Å². The van der Waals surface area contributed by atoms with Gasteiger partial charge < -0.3 is 14.4 Å². The fourth-order valence-corrected chi connectivity index (χ4v) is 2.74. The maximum Gasteiger partial charge on any atom is 0.362 e. The summed E-state index contributed by atoms with van der Waals surface area (Å²) in [6, 6.07) is 15.4. The first kappa shape index (κ1) is 21.0. The molecule has 0 spiro atoms. The van der Waals surface area contributed by atoms with E-state index in [1.807, 2.05) is 30.3 Å². The van der Waals surface area contributed by atoms with E-state index in [2.05, 4.69) is 5.10 Å². The number of aromatic nitrogens is 2. The third-order valence-electron chi connectivity index (χ3n) is 4.31. The zero-order valence-electron chi connectivity index (χ0n) is 16.7. The van der Waals surface area contributed by atoms with Crippen molar-refractivity contribution in [1.82, 2.24) is 14.7 Å². The number of hydrogen-bond acceptors (Lipinski definition) is 5. The largest absolute Gasteiger partial charge is 0.480 e. The number of carbonyl (C=O) groups is 2. The van der Waals surface area contributed by atoms with Crippen LogP contribution in [-0.4, -0.2) is 46.8 Å². The maximum atomic E-state index is 13.8. The van der Waals surface area contributed by atoms with Crippen molar-refractivity contribution in [3.63, 3.8) is 0 Å². The molecule has 0 atom stereocenters. The second-order valence-electron chi connectivity index (χ2n) is 6.47. The van der Waals surface area contributed by atoms with Crippen LogP contribution in [0.3, 0.4) is 0 Å². The number of carbonyl (C=O) groups excluding carboxylic acids is 2. The summed E-state index contributed by atoms with van der Waals surface area (Å²) >= 11 is 0. The lowest BCUT2D eigenvalue weighted by Gasteiger charge is -2.17. The smallest absolute Gasteiger partial charge is 0.362 e. The number of rotatable bonds is 8. The van der Waals surface area contributed by atoms with Crippen LogP contribution in [-0.2, 0) is 16.1 Å². The molecule has 156 valence electrons. The highest BCUT2D eigenvalue weighted by Crippen LogP contribution is 2.21. The quantitative estimate of drug-likeness (QED) is 0.532. The molecule has 0 saturated carbocycles. The Labute approximate surface area is 173 Å². The van der Waals surface area contributed by atoms with E-state index in [9.17, 15) is 14.0 Å². The Hall–Kier alpha value is -3.68. The molecule has 0 aliphatic heterocycles.